The van der Waals surface area contributed by atoms with Crippen LogP contribution in [0.25, 0.3) is 0 Å². The molecule has 7 heteroatoms. The zero-order valence-electron chi connectivity index (χ0n) is 32.0. The number of aliphatic hydroxyl groups is 2. The summed E-state index contributed by atoms with van der Waals surface area (Å²) in [5.41, 5.74) is -0.958. The molecule has 8 aliphatic rings. The van der Waals surface area contributed by atoms with Gasteiger partial charge in [-0.3, -0.25) is 4.79 Å². The highest BCUT2D eigenvalue weighted by molar-refractivity contribution is 5.90. The van der Waals surface area contributed by atoms with Crippen LogP contribution in [0.3, 0.4) is 0 Å². The van der Waals surface area contributed by atoms with Crippen molar-refractivity contribution in [3.05, 3.63) is 0 Å². The number of fused-ring (bicyclic) bond motifs is 5. The average Bonchev–Trinajstić information content (AvgIpc) is 3.74. The maximum absolute atomic E-state index is 14.8. The van der Waals surface area contributed by atoms with E-state index in [1.54, 1.807) is 0 Å². The molecular formula is C42H68O7. The number of hydrogen-bond acceptors (Lipinski definition) is 7. The van der Waals surface area contributed by atoms with Crippen LogP contribution < -0.4 is 0 Å². The summed E-state index contributed by atoms with van der Waals surface area (Å²) in [5, 5.41) is 24.2. The fraction of sp³-hybridized carbons (Fsp3) is 0.976. The Morgan fingerprint density at radius 2 is 1.47 bits per heavy atom. The number of hydrogen-bond donors (Lipinski definition) is 2. The van der Waals surface area contributed by atoms with Gasteiger partial charge in [0.2, 0.25) is 0 Å². The van der Waals surface area contributed by atoms with Crippen molar-refractivity contribution < 1.29 is 34.0 Å². The lowest BCUT2D eigenvalue weighted by molar-refractivity contribution is -0.287. The number of Topliss-reactive ketones (excluding diaryl/α,β-unsaturated/α-hetero) is 1. The third-order valence-corrected chi connectivity index (χ3v) is 18.9. The van der Waals surface area contributed by atoms with Crippen LogP contribution in [0.1, 0.15) is 114 Å². The van der Waals surface area contributed by atoms with Gasteiger partial charge in [0.05, 0.1) is 36.6 Å². The largest absolute Gasteiger partial charge is 0.393 e. The predicted octanol–water partition coefficient (Wildman–Crippen LogP) is 7.11. The van der Waals surface area contributed by atoms with E-state index < -0.39 is 17.6 Å². The Morgan fingerprint density at radius 3 is 2.20 bits per heavy atom. The topological polar surface area (TPSA) is 94.5 Å². The molecule has 49 heavy (non-hydrogen) atoms. The van der Waals surface area contributed by atoms with Crippen molar-refractivity contribution >= 4 is 5.78 Å². The molecule has 7 nitrogen and oxygen atoms in total. The van der Waals surface area contributed by atoms with Gasteiger partial charge < -0.3 is 29.2 Å². The van der Waals surface area contributed by atoms with Crippen molar-refractivity contribution in [1.29, 1.82) is 0 Å². The molecule has 0 radical (unpaired) electrons. The van der Waals surface area contributed by atoms with Crippen LogP contribution >= 0.6 is 0 Å². The second kappa shape index (κ2) is 12.2. The van der Waals surface area contributed by atoms with Gasteiger partial charge in [-0.25, -0.2) is 0 Å². The summed E-state index contributed by atoms with van der Waals surface area (Å²) in [5.74, 6) is 3.62. The van der Waals surface area contributed by atoms with E-state index in [1.165, 1.54) is 25.7 Å². The first-order valence-corrected chi connectivity index (χ1v) is 20.5. The van der Waals surface area contributed by atoms with Gasteiger partial charge in [-0.15, -0.1) is 0 Å². The number of ether oxygens (including phenoxy) is 4. The second-order valence-corrected chi connectivity index (χ2v) is 19.8. The van der Waals surface area contributed by atoms with Crippen molar-refractivity contribution in [2.45, 2.75) is 150 Å². The summed E-state index contributed by atoms with van der Waals surface area (Å²) in [7, 11) is 0. The number of carbonyl (C=O) groups excluding carboxylic acids is 1. The molecule has 22 atom stereocenters. The van der Waals surface area contributed by atoms with Crippen molar-refractivity contribution in [3.8, 4) is 0 Å². The molecule has 0 amide bonds. The molecule has 22 unspecified atom stereocenters. The van der Waals surface area contributed by atoms with E-state index >= 15 is 0 Å². The first-order valence-electron chi connectivity index (χ1n) is 20.5. The fourth-order valence-corrected chi connectivity index (χ4v) is 16.1. The Hall–Kier alpha value is -0.570. The monoisotopic (exact) mass is 684 g/mol. The normalized spacial score (nSPS) is 60.8. The molecule has 8 rings (SSSR count). The van der Waals surface area contributed by atoms with Crippen molar-refractivity contribution in [2.24, 2.45) is 93.2 Å². The van der Waals surface area contributed by atoms with Crippen molar-refractivity contribution in [2.75, 3.05) is 13.6 Å². The van der Waals surface area contributed by atoms with Crippen LogP contribution in [0.5, 0.6) is 0 Å². The number of rotatable bonds is 3. The quantitative estimate of drug-likeness (QED) is 0.327. The molecule has 2 saturated heterocycles. The van der Waals surface area contributed by atoms with Gasteiger partial charge in [0.1, 0.15) is 19.4 Å². The molecule has 0 bridgehead atoms. The maximum atomic E-state index is 14.8. The van der Waals surface area contributed by atoms with Crippen molar-refractivity contribution in [3.63, 3.8) is 0 Å². The maximum Gasteiger partial charge on any atom is 0.147 e. The van der Waals surface area contributed by atoms with Gasteiger partial charge in [-0.1, -0.05) is 61.8 Å². The smallest absolute Gasteiger partial charge is 0.147 e. The molecule has 0 aromatic carbocycles. The Balaban J connectivity index is 1.22. The SMILES string of the molecule is CC(O)C1C(=O)C2(C)C(C)C3C(O)C4C(C)C(C5CCCC6OCOC65)CC(C5CCC6OCOC6C5)C4C(C)C3(C)C(C)C2(C)CC1C. The highest BCUT2D eigenvalue weighted by atomic mass is 16.7. The molecule has 0 spiro atoms. The van der Waals surface area contributed by atoms with E-state index in [4.69, 9.17) is 18.9 Å². The molecule has 8 fully saturated rings. The second-order valence-electron chi connectivity index (χ2n) is 19.8. The van der Waals surface area contributed by atoms with Gasteiger partial charge >= 0.3 is 0 Å². The highest BCUT2D eigenvalue weighted by Crippen LogP contribution is 2.76. The van der Waals surface area contributed by atoms with Gasteiger partial charge in [0.15, 0.2) is 0 Å². The van der Waals surface area contributed by atoms with Gasteiger partial charge in [-0.2, -0.15) is 0 Å². The summed E-state index contributed by atoms with van der Waals surface area (Å²) in [6.07, 6.45) is 8.55. The van der Waals surface area contributed by atoms with E-state index in [0.29, 0.717) is 55.0 Å². The third kappa shape index (κ3) is 4.69. The Labute approximate surface area is 296 Å². The Morgan fingerprint density at radius 1 is 0.776 bits per heavy atom. The Bertz CT molecular complexity index is 1270. The van der Waals surface area contributed by atoms with E-state index in [0.717, 1.165) is 25.7 Å². The summed E-state index contributed by atoms with van der Waals surface area (Å²) in [4.78, 5) is 14.8. The Kier molecular flexibility index (Phi) is 8.85. The standard InChI is InChI=1S/C42H68O7/c1-20-17-40(7)25(6)41(8)22(3)35-29(26-13-14-30-32(15-26)48-18-46-30)16-28(27-11-10-12-31-38(27)49-19-47-31)21(2)34(35)37(44)36(41)23(4)42(40,9)39(45)33(20)24(5)43/h20-38,43-44H,10-19H2,1-9H3. The summed E-state index contributed by atoms with van der Waals surface area (Å²) >= 11 is 0. The van der Waals surface area contributed by atoms with Crippen LogP contribution in [0.15, 0.2) is 0 Å². The molecular weight excluding hydrogens is 616 g/mol. The lowest BCUT2D eigenvalue weighted by Gasteiger charge is -2.75. The number of ketones is 1. The third-order valence-electron chi connectivity index (χ3n) is 18.9. The van der Waals surface area contributed by atoms with E-state index in [-0.39, 0.29) is 76.5 Å². The van der Waals surface area contributed by atoms with Crippen LogP contribution in [0, 0.1) is 93.2 Å². The first-order chi connectivity index (χ1) is 23.2. The molecule has 2 heterocycles. The molecule has 0 aromatic heterocycles. The average molecular weight is 685 g/mol. The minimum atomic E-state index is -0.662. The molecule has 278 valence electrons. The minimum Gasteiger partial charge on any atom is -0.393 e. The molecule has 2 N–H and O–H groups in total. The van der Waals surface area contributed by atoms with Crippen LogP contribution in [-0.4, -0.2) is 66.2 Å². The van der Waals surface area contributed by atoms with E-state index in [1.807, 2.05) is 6.92 Å². The van der Waals surface area contributed by atoms with Gasteiger partial charge in [0.25, 0.3) is 0 Å². The first kappa shape index (κ1) is 35.5. The molecule has 2 aliphatic heterocycles. The fourth-order valence-electron chi connectivity index (χ4n) is 16.1. The summed E-state index contributed by atoms with van der Waals surface area (Å²) < 4.78 is 24.7. The van der Waals surface area contributed by atoms with Gasteiger partial charge in [-0.05, 0) is 134 Å². The van der Waals surface area contributed by atoms with E-state index in [9.17, 15) is 15.0 Å². The summed E-state index contributed by atoms with van der Waals surface area (Å²) in [6, 6.07) is 0. The molecule has 6 aliphatic carbocycles. The van der Waals surface area contributed by atoms with E-state index in [2.05, 4.69) is 55.4 Å². The zero-order valence-corrected chi connectivity index (χ0v) is 32.0. The number of aliphatic hydroxyl groups excluding tert-OH is 2. The summed E-state index contributed by atoms with van der Waals surface area (Å²) in [6.45, 7) is 21.8. The predicted molar refractivity (Wildman–Crippen MR) is 187 cm³/mol. The van der Waals surface area contributed by atoms with Crippen LogP contribution in [0.4, 0.5) is 0 Å². The van der Waals surface area contributed by atoms with Crippen molar-refractivity contribution in [1.82, 2.24) is 0 Å². The highest BCUT2D eigenvalue weighted by Gasteiger charge is 2.75. The zero-order chi connectivity index (χ0) is 34.9. The number of carbonyl (C=O) groups is 1. The lowest BCUT2D eigenvalue weighted by Crippen LogP contribution is -2.74. The lowest BCUT2D eigenvalue weighted by atomic mass is 9.29. The molecule has 6 saturated carbocycles. The molecule has 0 aromatic rings. The minimum absolute atomic E-state index is 0.00878. The van der Waals surface area contributed by atoms with Crippen LogP contribution in [0.2, 0.25) is 0 Å². The van der Waals surface area contributed by atoms with Crippen LogP contribution in [-0.2, 0) is 23.7 Å². The van der Waals surface area contributed by atoms with Gasteiger partial charge in [0, 0.05) is 11.3 Å².